The van der Waals surface area contributed by atoms with Crippen LogP contribution in [0.1, 0.15) is 10.4 Å². The molecular formula is C12H10F3NO4. The van der Waals surface area contributed by atoms with Crippen LogP contribution in [0.25, 0.3) is 11.1 Å². The number of oxazole rings is 1. The molecule has 108 valence electrons. The average molecular weight is 289 g/mol. The van der Waals surface area contributed by atoms with Gasteiger partial charge < -0.3 is 9.15 Å². The van der Waals surface area contributed by atoms with E-state index in [2.05, 4.69) is 4.74 Å². The van der Waals surface area contributed by atoms with Gasteiger partial charge in [-0.1, -0.05) is 0 Å². The summed E-state index contributed by atoms with van der Waals surface area (Å²) in [6.07, 6.45) is -4.48. The molecule has 2 aromatic rings. The summed E-state index contributed by atoms with van der Waals surface area (Å²) in [7, 11) is 1.50. The van der Waals surface area contributed by atoms with Crippen LogP contribution in [-0.2, 0) is 11.8 Å². The molecule has 0 aliphatic rings. The van der Waals surface area contributed by atoms with Crippen LogP contribution in [0.3, 0.4) is 0 Å². The van der Waals surface area contributed by atoms with Crippen LogP contribution in [0.15, 0.2) is 27.4 Å². The molecule has 0 aliphatic heterocycles. The minimum absolute atomic E-state index is 0.119. The smallest absolute Gasteiger partial charge is 0.408 e. The van der Waals surface area contributed by atoms with Crippen molar-refractivity contribution in [1.29, 1.82) is 0 Å². The summed E-state index contributed by atoms with van der Waals surface area (Å²) in [5.41, 5.74) is 0.802. The summed E-state index contributed by atoms with van der Waals surface area (Å²) >= 11 is 0. The van der Waals surface area contributed by atoms with Crippen molar-refractivity contribution in [2.24, 2.45) is 7.05 Å². The Morgan fingerprint density at radius 3 is 2.75 bits per heavy atom. The molecule has 1 aromatic heterocycles. The number of hydrogen-bond donors (Lipinski definition) is 0. The summed E-state index contributed by atoms with van der Waals surface area (Å²) in [6.45, 7) is -2.18. The SMILES string of the molecule is Cn1c(=O)oc2cc(C(=O)COCC(F)(F)F)ccc21. The first-order valence-electron chi connectivity index (χ1n) is 5.55. The molecule has 0 radical (unpaired) electrons. The van der Waals surface area contributed by atoms with E-state index < -0.39 is 30.9 Å². The second kappa shape index (κ2) is 5.12. The fourth-order valence-corrected chi connectivity index (χ4v) is 1.65. The average Bonchev–Trinajstić information content (AvgIpc) is 2.63. The van der Waals surface area contributed by atoms with Crippen molar-refractivity contribution in [2.45, 2.75) is 6.18 Å². The highest BCUT2D eigenvalue weighted by molar-refractivity contribution is 5.99. The van der Waals surface area contributed by atoms with Gasteiger partial charge in [0.1, 0.15) is 13.2 Å². The van der Waals surface area contributed by atoms with Crippen LogP contribution in [-0.4, -0.2) is 29.7 Å². The van der Waals surface area contributed by atoms with Gasteiger partial charge >= 0.3 is 11.9 Å². The zero-order chi connectivity index (χ0) is 14.9. The molecule has 0 amide bonds. The number of nitrogens with zero attached hydrogens (tertiary/aromatic N) is 1. The molecule has 0 N–H and O–H groups in total. The molecule has 0 fully saturated rings. The topological polar surface area (TPSA) is 61.4 Å². The summed E-state index contributed by atoms with van der Waals surface area (Å²) in [5, 5.41) is 0. The van der Waals surface area contributed by atoms with Crippen molar-refractivity contribution in [3.8, 4) is 0 Å². The normalized spacial score (nSPS) is 12.0. The number of alkyl halides is 3. The fraction of sp³-hybridized carbons (Fsp3) is 0.333. The van der Waals surface area contributed by atoms with E-state index in [0.717, 1.165) is 0 Å². The van der Waals surface area contributed by atoms with Crippen molar-refractivity contribution < 1.29 is 27.1 Å². The Hall–Kier alpha value is -2.09. The van der Waals surface area contributed by atoms with E-state index in [1.54, 1.807) is 0 Å². The number of carbonyl (C=O) groups is 1. The van der Waals surface area contributed by atoms with Gasteiger partial charge in [0.15, 0.2) is 11.4 Å². The van der Waals surface area contributed by atoms with Crippen LogP contribution in [0.5, 0.6) is 0 Å². The van der Waals surface area contributed by atoms with E-state index in [-0.39, 0.29) is 11.1 Å². The lowest BCUT2D eigenvalue weighted by molar-refractivity contribution is -0.170. The molecule has 0 aliphatic carbocycles. The molecule has 0 spiro atoms. The largest absolute Gasteiger partial charge is 0.419 e. The molecule has 8 heteroatoms. The molecule has 0 bridgehead atoms. The lowest BCUT2D eigenvalue weighted by Crippen LogP contribution is -2.20. The third kappa shape index (κ3) is 3.08. The van der Waals surface area contributed by atoms with Gasteiger partial charge in [0, 0.05) is 12.6 Å². The second-order valence-corrected chi connectivity index (χ2v) is 4.14. The van der Waals surface area contributed by atoms with Gasteiger partial charge in [0.05, 0.1) is 5.52 Å². The van der Waals surface area contributed by atoms with Gasteiger partial charge in [-0.15, -0.1) is 0 Å². The predicted molar refractivity (Wildman–Crippen MR) is 62.7 cm³/mol. The molecule has 0 saturated carbocycles. The zero-order valence-electron chi connectivity index (χ0n) is 10.4. The van der Waals surface area contributed by atoms with Gasteiger partial charge in [-0.2, -0.15) is 13.2 Å². The lowest BCUT2D eigenvalue weighted by atomic mass is 10.1. The minimum Gasteiger partial charge on any atom is -0.408 e. The highest BCUT2D eigenvalue weighted by Gasteiger charge is 2.27. The summed E-state index contributed by atoms with van der Waals surface area (Å²) < 4.78 is 46.0. The first-order valence-corrected chi connectivity index (χ1v) is 5.55. The van der Waals surface area contributed by atoms with Crippen molar-refractivity contribution >= 4 is 16.9 Å². The minimum atomic E-state index is -4.48. The van der Waals surface area contributed by atoms with Crippen molar-refractivity contribution in [3.05, 3.63) is 34.3 Å². The van der Waals surface area contributed by atoms with Gasteiger partial charge in [-0.25, -0.2) is 4.79 Å². The lowest BCUT2D eigenvalue weighted by Gasteiger charge is -2.06. The monoisotopic (exact) mass is 289 g/mol. The standard InChI is InChI=1S/C12H10F3NO4/c1-16-8-3-2-7(4-10(8)20-11(16)18)9(17)5-19-6-12(13,14)15/h2-4H,5-6H2,1H3. The molecule has 0 atom stereocenters. The van der Waals surface area contributed by atoms with E-state index in [0.29, 0.717) is 5.52 Å². The van der Waals surface area contributed by atoms with E-state index >= 15 is 0 Å². The number of Topliss-reactive ketones (excluding diaryl/α,β-unsaturated/α-hetero) is 1. The van der Waals surface area contributed by atoms with Crippen LogP contribution < -0.4 is 5.76 Å². The number of ketones is 1. The number of fused-ring (bicyclic) bond motifs is 1. The summed E-state index contributed by atoms with van der Waals surface area (Å²) in [5.74, 6) is -1.21. The van der Waals surface area contributed by atoms with Gasteiger partial charge in [0.2, 0.25) is 0 Å². The number of aromatic nitrogens is 1. The highest BCUT2D eigenvalue weighted by atomic mass is 19.4. The number of hydrogen-bond acceptors (Lipinski definition) is 4. The molecule has 1 aromatic carbocycles. The predicted octanol–water partition coefficient (Wildman–Crippen LogP) is 1.89. The zero-order valence-corrected chi connectivity index (χ0v) is 10.4. The van der Waals surface area contributed by atoms with Gasteiger partial charge in [-0.3, -0.25) is 9.36 Å². The second-order valence-electron chi connectivity index (χ2n) is 4.14. The molecule has 0 unspecified atom stereocenters. The number of benzene rings is 1. The van der Waals surface area contributed by atoms with Gasteiger partial charge in [-0.05, 0) is 18.2 Å². The van der Waals surface area contributed by atoms with Gasteiger partial charge in [0.25, 0.3) is 0 Å². The van der Waals surface area contributed by atoms with Crippen LogP contribution in [0, 0.1) is 0 Å². The van der Waals surface area contributed by atoms with E-state index in [1.165, 1.54) is 29.8 Å². The summed E-state index contributed by atoms with van der Waals surface area (Å²) in [6, 6.07) is 4.18. The Bertz CT molecular complexity index is 699. The first kappa shape index (κ1) is 14.3. The quantitative estimate of drug-likeness (QED) is 0.806. The Morgan fingerprint density at radius 1 is 1.40 bits per heavy atom. The maximum Gasteiger partial charge on any atom is 0.419 e. The number of aryl methyl sites for hydroxylation is 1. The van der Waals surface area contributed by atoms with Crippen LogP contribution in [0.4, 0.5) is 13.2 Å². The van der Waals surface area contributed by atoms with Crippen molar-refractivity contribution in [2.75, 3.05) is 13.2 Å². The van der Waals surface area contributed by atoms with Crippen molar-refractivity contribution in [3.63, 3.8) is 0 Å². The highest BCUT2D eigenvalue weighted by Crippen LogP contribution is 2.16. The van der Waals surface area contributed by atoms with Crippen molar-refractivity contribution in [1.82, 2.24) is 4.57 Å². The van der Waals surface area contributed by atoms with Crippen LogP contribution in [0.2, 0.25) is 0 Å². The molecule has 2 rings (SSSR count). The molecule has 5 nitrogen and oxygen atoms in total. The number of ether oxygens (including phenoxy) is 1. The Balaban J connectivity index is 2.13. The number of rotatable bonds is 4. The Labute approximate surface area is 110 Å². The third-order valence-electron chi connectivity index (χ3n) is 2.61. The maximum absolute atomic E-state index is 11.9. The van der Waals surface area contributed by atoms with Crippen LogP contribution >= 0.6 is 0 Å². The van der Waals surface area contributed by atoms with E-state index in [9.17, 15) is 22.8 Å². The Morgan fingerprint density at radius 2 is 2.10 bits per heavy atom. The fourth-order valence-electron chi connectivity index (χ4n) is 1.65. The first-order chi connectivity index (χ1) is 9.28. The molecular weight excluding hydrogens is 279 g/mol. The molecule has 1 heterocycles. The van der Waals surface area contributed by atoms with E-state index in [4.69, 9.17) is 4.42 Å². The molecule has 0 saturated heterocycles. The maximum atomic E-state index is 11.9. The van der Waals surface area contributed by atoms with E-state index in [1.807, 2.05) is 0 Å². The molecule has 20 heavy (non-hydrogen) atoms. The third-order valence-corrected chi connectivity index (χ3v) is 2.61. The number of halogens is 3. The Kier molecular flexibility index (Phi) is 3.67. The summed E-state index contributed by atoms with van der Waals surface area (Å²) in [4.78, 5) is 22.9. The number of carbonyl (C=O) groups excluding carboxylic acids is 1.